The van der Waals surface area contributed by atoms with Crippen molar-refractivity contribution in [3.05, 3.63) is 29.8 Å². The lowest BCUT2D eigenvalue weighted by Gasteiger charge is -2.25. The first-order valence-corrected chi connectivity index (χ1v) is 9.28. The molecule has 0 spiro atoms. The molecule has 2 atom stereocenters. The first kappa shape index (κ1) is 19.3. The van der Waals surface area contributed by atoms with Crippen molar-refractivity contribution in [1.82, 2.24) is 10.2 Å². The molecule has 1 aromatic rings. The Bertz CT molecular complexity index is 571. The fraction of sp³-hybridized carbons (Fsp3) is 0.600. The minimum absolute atomic E-state index is 0.0100. The summed E-state index contributed by atoms with van der Waals surface area (Å²) in [7, 11) is 1.66. The third-order valence-corrected chi connectivity index (χ3v) is 4.75. The predicted octanol–water partition coefficient (Wildman–Crippen LogP) is 2.92. The van der Waals surface area contributed by atoms with E-state index in [2.05, 4.69) is 17.4 Å². The lowest BCUT2D eigenvalue weighted by molar-refractivity contribution is -0.138. The van der Waals surface area contributed by atoms with E-state index in [1.54, 1.807) is 12.0 Å². The van der Waals surface area contributed by atoms with Crippen molar-refractivity contribution in [1.29, 1.82) is 0 Å². The molecule has 1 saturated heterocycles. The number of hydrogen-bond donors (Lipinski definition) is 1. The average molecular weight is 346 g/mol. The number of ether oxygens (including phenoxy) is 1. The van der Waals surface area contributed by atoms with Crippen LogP contribution in [0.2, 0.25) is 0 Å². The van der Waals surface area contributed by atoms with Crippen LogP contribution < -0.4 is 10.1 Å². The standard InChI is InChI=1S/C20H30N2O3/c1-4-6-19(23)22-14-5-7-18(22)20(24)21-15(2)8-9-16-10-12-17(25-3)13-11-16/h10-13,15,18H,4-9,14H2,1-3H3,(H,21,24). The maximum Gasteiger partial charge on any atom is 0.243 e. The Kier molecular flexibility index (Phi) is 7.29. The van der Waals surface area contributed by atoms with Gasteiger partial charge in [-0.2, -0.15) is 0 Å². The van der Waals surface area contributed by atoms with Crippen LogP contribution in [0.4, 0.5) is 0 Å². The molecule has 1 aliphatic rings. The molecule has 2 unspecified atom stereocenters. The molecule has 5 heteroatoms. The summed E-state index contributed by atoms with van der Waals surface area (Å²) in [6, 6.07) is 7.80. The molecule has 0 aliphatic carbocycles. The number of carbonyl (C=O) groups is 2. The lowest BCUT2D eigenvalue weighted by Crippen LogP contribution is -2.48. The summed E-state index contributed by atoms with van der Waals surface area (Å²) in [6.45, 7) is 4.72. The quantitative estimate of drug-likeness (QED) is 0.787. The van der Waals surface area contributed by atoms with Crippen molar-refractivity contribution >= 4 is 11.8 Å². The van der Waals surface area contributed by atoms with E-state index in [-0.39, 0.29) is 23.9 Å². The highest BCUT2D eigenvalue weighted by atomic mass is 16.5. The minimum Gasteiger partial charge on any atom is -0.497 e. The number of benzene rings is 1. The molecule has 0 saturated carbocycles. The van der Waals surface area contributed by atoms with Gasteiger partial charge in [0.15, 0.2) is 0 Å². The van der Waals surface area contributed by atoms with Crippen LogP contribution in [0.25, 0.3) is 0 Å². The summed E-state index contributed by atoms with van der Waals surface area (Å²) >= 11 is 0. The zero-order valence-electron chi connectivity index (χ0n) is 15.6. The smallest absolute Gasteiger partial charge is 0.243 e. The van der Waals surface area contributed by atoms with Gasteiger partial charge in [0.1, 0.15) is 11.8 Å². The minimum atomic E-state index is -0.289. The summed E-state index contributed by atoms with van der Waals surface area (Å²) in [5.41, 5.74) is 1.22. The van der Waals surface area contributed by atoms with Gasteiger partial charge in [-0.1, -0.05) is 19.1 Å². The lowest BCUT2D eigenvalue weighted by atomic mass is 10.1. The van der Waals surface area contributed by atoms with E-state index >= 15 is 0 Å². The molecule has 0 bridgehead atoms. The van der Waals surface area contributed by atoms with Crippen LogP contribution in [0.3, 0.4) is 0 Å². The van der Waals surface area contributed by atoms with Crippen LogP contribution in [0, 0.1) is 0 Å². The molecule has 0 aromatic heterocycles. The second kappa shape index (κ2) is 9.44. The third-order valence-electron chi connectivity index (χ3n) is 4.75. The number of carbonyl (C=O) groups excluding carboxylic acids is 2. The fourth-order valence-electron chi connectivity index (χ4n) is 3.28. The van der Waals surface area contributed by atoms with Gasteiger partial charge in [0.05, 0.1) is 7.11 Å². The molecule has 1 heterocycles. The number of nitrogens with zero attached hydrogens (tertiary/aromatic N) is 1. The Hall–Kier alpha value is -2.04. The Labute approximate surface area is 150 Å². The Morgan fingerprint density at radius 3 is 2.68 bits per heavy atom. The van der Waals surface area contributed by atoms with E-state index in [0.717, 1.165) is 37.9 Å². The van der Waals surface area contributed by atoms with Crippen molar-refractivity contribution in [2.45, 2.75) is 64.5 Å². The summed E-state index contributed by atoms with van der Waals surface area (Å²) < 4.78 is 5.16. The van der Waals surface area contributed by atoms with Gasteiger partial charge in [-0.15, -0.1) is 0 Å². The molecule has 1 aliphatic heterocycles. The van der Waals surface area contributed by atoms with Crippen molar-refractivity contribution in [3.63, 3.8) is 0 Å². The molecule has 1 aromatic carbocycles. The van der Waals surface area contributed by atoms with E-state index < -0.39 is 0 Å². The predicted molar refractivity (Wildman–Crippen MR) is 98.6 cm³/mol. The Morgan fingerprint density at radius 2 is 2.04 bits per heavy atom. The molecule has 25 heavy (non-hydrogen) atoms. The van der Waals surface area contributed by atoms with Crippen molar-refractivity contribution in [3.8, 4) is 5.75 Å². The van der Waals surface area contributed by atoms with E-state index in [4.69, 9.17) is 4.74 Å². The molecular weight excluding hydrogens is 316 g/mol. The van der Waals surface area contributed by atoms with Crippen LogP contribution in [-0.4, -0.2) is 42.5 Å². The zero-order chi connectivity index (χ0) is 18.2. The highest BCUT2D eigenvalue weighted by Gasteiger charge is 2.33. The molecule has 138 valence electrons. The van der Waals surface area contributed by atoms with Crippen LogP contribution in [0.1, 0.15) is 51.5 Å². The SMILES string of the molecule is CCCC(=O)N1CCCC1C(=O)NC(C)CCc1ccc(OC)cc1. The molecule has 0 radical (unpaired) electrons. The van der Waals surface area contributed by atoms with Crippen LogP contribution >= 0.6 is 0 Å². The van der Waals surface area contributed by atoms with Crippen LogP contribution in [-0.2, 0) is 16.0 Å². The largest absolute Gasteiger partial charge is 0.497 e. The van der Waals surface area contributed by atoms with E-state index in [9.17, 15) is 9.59 Å². The highest BCUT2D eigenvalue weighted by Crippen LogP contribution is 2.19. The van der Waals surface area contributed by atoms with E-state index in [1.807, 2.05) is 26.0 Å². The molecule has 1 N–H and O–H groups in total. The number of hydrogen-bond acceptors (Lipinski definition) is 3. The van der Waals surface area contributed by atoms with Gasteiger partial charge in [0.2, 0.25) is 11.8 Å². The first-order chi connectivity index (χ1) is 12.0. The normalized spacial score (nSPS) is 18.0. The number of rotatable bonds is 8. The average Bonchev–Trinajstić information content (AvgIpc) is 3.10. The van der Waals surface area contributed by atoms with Crippen molar-refractivity contribution in [2.24, 2.45) is 0 Å². The van der Waals surface area contributed by atoms with Gasteiger partial charge < -0.3 is 15.0 Å². The second-order valence-corrected chi connectivity index (χ2v) is 6.79. The van der Waals surface area contributed by atoms with E-state index in [0.29, 0.717) is 13.0 Å². The second-order valence-electron chi connectivity index (χ2n) is 6.79. The number of amides is 2. The van der Waals surface area contributed by atoms with Gasteiger partial charge >= 0.3 is 0 Å². The van der Waals surface area contributed by atoms with E-state index in [1.165, 1.54) is 5.56 Å². The molecule has 1 fully saturated rings. The number of aryl methyl sites for hydroxylation is 1. The topological polar surface area (TPSA) is 58.6 Å². The summed E-state index contributed by atoms with van der Waals surface area (Å²) in [4.78, 5) is 26.5. The van der Waals surface area contributed by atoms with Gasteiger partial charge in [-0.05, 0) is 56.7 Å². The maximum absolute atomic E-state index is 12.5. The molecule has 2 rings (SSSR count). The Balaban J connectivity index is 1.81. The summed E-state index contributed by atoms with van der Waals surface area (Å²) in [5, 5.41) is 3.08. The zero-order valence-corrected chi connectivity index (χ0v) is 15.6. The van der Waals surface area contributed by atoms with Crippen LogP contribution in [0.15, 0.2) is 24.3 Å². The summed E-state index contributed by atoms with van der Waals surface area (Å²) in [5.74, 6) is 0.943. The fourth-order valence-corrected chi connectivity index (χ4v) is 3.28. The van der Waals surface area contributed by atoms with Gasteiger partial charge in [0.25, 0.3) is 0 Å². The monoisotopic (exact) mass is 346 g/mol. The van der Waals surface area contributed by atoms with Gasteiger partial charge in [-0.25, -0.2) is 0 Å². The first-order valence-electron chi connectivity index (χ1n) is 9.28. The van der Waals surface area contributed by atoms with Gasteiger partial charge in [-0.3, -0.25) is 9.59 Å². The highest BCUT2D eigenvalue weighted by molar-refractivity contribution is 5.88. The summed E-state index contributed by atoms with van der Waals surface area (Å²) in [6.07, 6.45) is 4.79. The molecular formula is C20H30N2O3. The van der Waals surface area contributed by atoms with Crippen LogP contribution in [0.5, 0.6) is 5.75 Å². The molecule has 2 amide bonds. The third kappa shape index (κ3) is 5.48. The van der Waals surface area contributed by atoms with Crippen molar-refractivity contribution < 1.29 is 14.3 Å². The van der Waals surface area contributed by atoms with Crippen molar-refractivity contribution in [2.75, 3.05) is 13.7 Å². The number of likely N-dealkylation sites (tertiary alicyclic amines) is 1. The number of methoxy groups -OCH3 is 1. The molecule has 5 nitrogen and oxygen atoms in total. The Morgan fingerprint density at radius 1 is 1.32 bits per heavy atom. The van der Waals surface area contributed by atoms with Gasteiger partial charge in [0, 0.05) is 19.0 Å². The number of nitrogens with one attached hydrogen (secondary N) is 1. The maximum atomic E-state index is 12.5.